The number of hydrogen-bond donors (Lipinski definition) is 7. The maximum absolute atomic E-state index is 14.0. The number of nitrogens with two attached hydrogens (primary N) is 2. The fraction of sp³-hybridized carbons (Fsp3) is 0.536. The van der Waals surface area contributed by atoms with Crippen LogP contribution in [0.5, 0.6) is 11.5 Å². The van der Waals surface area contributed by atoms with Gasteiger partial charge in [-0.05, 0) is 50.8 Å². The summed E-state index contributed by atoms with van der Waals surface area (Å²) >= 11 is 0. The molecule has 1 aromatic carbocycles. The van der Waals surface area contributed by atoms with E-state index in [1.54, 1.807) is 6.07 Å². The lowest BCUT2D eigenvalue weighted by atomic mass is 9.57. The lowest BCUT2D eigenvalue weighted by Gasteiger charge is -2.49. The van der Waals surface area contributed by atoms with E-state index in [-0.39, 0.29) is 48.9 Å². The molecule has 216 valence electrons. The van der Waals surface area contributed by atoms with Gasteiger partial charge in [0.15, 0.2) is 11.4 Å². The number of benzene rings is 1. The van der Waals surface area contributed by atoms with Crippen molar-refractivity contribution >= 4 is 23.2 Å². The molecule has 0 unspecified atom stereocenters. The normalized spacial score (nSPS) is 30.3. The van der Waals surface area contributed by atoms with Crippen LogP contribution >= 0.6 is 0 Å². The second-order valence-corrected chi connectivity index (χ2v) is 10.9. The topological polar surface area (TPSA) is 209 Å². The Balaban J connectivity index is 1.68. The minimum Gasteiger partial charge on any atom is -0.508 e. The molecule has 0 radical (unpaired) electrons. The van der Waals surface area contributed by atoms with Crippen LogP contribution in [0.2, 0.25) is 0 Å². The first-order valence-corrected chi connectivity index (χ1v) is 13.6. The van der Waals surface area contributed by atoms with Gasteiger partial charge in [0.05, 0.1) is 18.7 Å². The number of nitrogens with zero attached hydrogens (tertiary/aromatic N) is 1. The van der Waals surface area contributed by atoms with Crippen LogP contribution in [0.25, 0.3) is 5.76 Å². The highest BCUT2D eigenvalue weighted by molar-refractivity contribution is 6.24. The number of Topliss-reactive ketones (excluding diaryl/α,β-unsaturated/α-hetero) is 2. The van der Waals surface area contributed by atoms with Crippen LogP contribution in [0.1, 0.15) is 48.9 Å². The van der Waals surface area contributed by atoms with Gasteiger partial charge in [0.1, 0.15) is 28.6 Å². The van der Waals surface area contributed by atoms with Crippen molar-refractivity contribution in [2.45, 2.75) is 50.3 Å². The summed E-state index contributed by atoms with van der Waals surface area (Å²) in [6.07, 6.45) is 2.02. The molecule has 12 heteroatoms. The molecule has 1 amide bonds. The van der Waals surface area contributed by atoms with Crippen molar-refractivity contribution < 1.29 is 39.5 Å². The third-order valence-corrected chi connectivity index (χ3v) is 9.02. The van der Waals surface area contributed by atoms with Gasteiger partial charge >= 0.3 is 0 Å². The van der Waals surface area contributed by atoms with Crippen LogP contribution in [0, 0.1) is 11.8 Å². The largest absolute Gasteiger partial charge is 0.508 e. The third-order valence-electron chi connectivity index (χ3n) is 9.02. The first-order chi connectivity index (χ1) is 19.0. The van der Waals surface area contributed by atoms with Gasteiger partial charge in [-0.15, -0.1) is 0 Å². The van der Waals surface area contributed by atoms with Gasteiger partial charge in [-0.3, -0.25) is 19.3 Å². The number of aliphatic hydroxyl groups is 3. The zero-order valence-corrected chi connectivity index (χ0v) is 22.6. The number of aliphatic hydroxyl groups excluding tert-OH is 2. The number of rotatable bonds is 7. The third kappa shape index (κ3) is 3.85. The summed E-state index contributed by atoms with van der Waals surface area (Å²) < 4.78 is 5.85. The molecule has 5 rings (SSSR count). The van der Waals surface area contributed by atoms with E-state index in [0.717, 1.165) is 31.5 Å². The minimum absolute atomic E-state index is 0.0101. The van der Waals surface area contributed by atoms with E-state index in [1.807, 2.05) is 0 Å². The Labute approximate surface area is 231 Å². The predicted octanol–water partition coefficient (Wildman–Crippen LogP) is 0.116. The number of likely N-dealkylation sites (tertiary alicyclic amines) is 1. The predicted molar refractivity (Wildman–Crippen MR) is 143 cm³/mol. The highest BCUT2D eigenvalue weighted by Gasteiger charge is 2.63. The van der Waals surface area contributed by atoms with Crippen molar-refractivity contribution in [3.05, 3.63) is 39.7 Å². The monoisotopic (exact) mass is 556 g/mol. The Bertz CT molecular complexity index is 1350. The summed E-state index contributed by atoms with van der Waals surface area (Å²) in [4.78, 5) is 41.6. The molecule has 4 aliphatic rings. The molecular formula is C28H36N4O8. The van der Waals surface area contributed by atoms with Gasteiger partial charge in [0.25, 0.3) is 5.91 Å². The molecule has 1 saturated heterocycles. The number of amides is 1. The van der Waals surface area contributed by atoms with Crippen molar-refractivity contribution in [1.82, 2.24) is 10.2 Å². The average molecular weight is 557 g/mol. The SMILES string of the molecule is CCN1CCC[C@H]1c1cc(O)c2c(c1OC)C[C@H]1C[C@H]3[C@H](NCCN)C(=O)C(C(N)=O)=C(O)[C@@]3(O)C(=O)C1=C2O. The number of primary amides is 1. The van der Waals surface area contributed by atoms with Crippen LogP contribution < -0.4 is 21.5 Å². The van der Waals surface area contributed by atoms with Crippen LogP contribution in [-0.4, -0.2) is 87.7 Å². The molecule has 1 saturated carbocycles. The Hall–Kier alpha value is -3.45. The second kappa shape index (κ2) is 10.2. The summed E-state index contributed by atoms with van der Waals surface area (Å²) in [6, 6.07) is 0.323. The van der Waals surface area contributed by atoms with E-state index >= 15 is 0 Å². The number of nitrogens with one attached hydrogen (secondary N) is 1. The van der Waals surface area contributed by atoms with Crippen molar-refractivity contribution in [3.8, 4) is 11.5 Å². The van der Waals surface area contributed by atoms with E-state index in [1.165, 1.54) is 7.11 Å². The first kappa shape index (κ1) is 28.1. The maximum Gasteiger partial charge on any atom is 0.255 e. The molecule has 9 N–H and O–H groups in total. The molecule has 0 bridgehead atoms. The quantitative estimate of drug-likeness (QED) is 0.224. The van der Waals surface area contributed by atoms with Crippen LogP contribution in [0.4, 0.5) is 0 Å². The Morgan fingerprint density at radius 2 is 2.00 bits per heavy atom. The lowest BCUT2D eigenvalue weighted by molar-refractivity contribution is -0.150. The summed E-state index contributed by atoms with van der Waals surface area (Å²) in [5.74, 6) is -6.46. The van der Waals surface area contributed by atoms with E-state index in [2.05, 4.69) is 17.1 Å². The second-order valence-electron chi connectivity index (χ2n) is 10.9. The molecule has 12 nitrogen and oxygen atoms in total. The summed E-state index contributed by atoms with van der Waals surface area (Å²) in [6.45, 7) is 4.04. The molecule has 1 aromatic rings. The summed E-state index contributed by atoms with van der Waals surface area (Å²) in [7, 11) is 1.52. The number of phenols is 1. The van der Waals surface area contributed by atoms with Crippen LogP contribution in [0.15, 0.2) is 23.0 Å². The van der Waals surface area contributed by atoms with Gasteiger partial charge in [0, 0.05) is 41.7 Å². The van der Waals surface area contributed by atoms with Crippen molar-refractivity contribution in [1.29, 1.82) is 0 Å². The molecule has 0 spiro atoms. The van der Waals surface area contributed by atoms with E-state index < -0.39 is 58.0 Å². The molecular weight excluding hydrogens is 520 g/mol. The number of carbonyl (C=O) groups is 3. The Morgan fingerprint density at radius 1 is 1.27 bits per heavy atom. The highest BCUT2D eigenvalue weighted by Crippen LogP contribution is 2.54. The van der Waals surface area contributed by atoms with Crippen LogP contribution in [-0.2, 0) is 20.8 Å². The molecule has 0 aromatic heterocycles. The minimum atomic E-state index is -2.70. The zero-order valence-electron chi connectivity index (χ0n) is 22.6. The molecule has 40 heavy (non-hydrogen) atoms. The summed E-state index contributed by atoms with van der Waals surface area (Å²) in [5.41, 5.74) is 8.53. The van der Waals surface area contributed by atoms with Crippen LogP contribution in [0.3, 0.4) is 0 Å². The van der Waals surface area contributed by atoms with Gasteiger partial charge in [-0.25, -0.2) is 0 Å². The number of aromatic hydroxyl groups is 1. The number of phenolic OH excluding ortho intramolecular Hbond substituents is 1. The van der Waals surface area contributed by atoms with Gasteiger partial charge in [-0.2, -0.15) is 0 Å². The first-order valence-electron chi connectivity index (χ1n) is 13.6. The maximum atomic E-state index is 14.0. The Kier molecular flexibility index (Phi) is 7.15. The number of fused-ring (bicyclic) bond motifs is 3. The van der Waals surface area contributed by atoms with E-state index in [0.29, 0.717) is 11.3 Å². The van der Waals surface area contributed by atoms with Crippen molar-refractivity contribution in [3.63, 3.8) is 0 Å². The molecule has 1 aliphatic heterocycles. The zero-order chi connectivity index (χ0) is 29.1. The Morgan fingerprint density at radius 3 is 2.62 bits per heavy atom. The molecule has 2 fully saturated rings. The number of methoxy groups -OCH3 is 1. The number of carbonyl (C=O) groups excluding carboxylic acids is 3. The van der Waals surface area contributed by atoms with Crippen molar-refractivity contribution in [2.24, 2.45) is 23.3 Å². The summed E-state index contributed by atoms with van der Waals surface area (Å²) in [5, 5.41) is 48.1. The van der Waals surface area contributed by atoms with E-state index in [9.17, 15) is 34.8 Å². The number of ether oxygens (including phenoxy) is 1. The van der Waals surface area contributed by atoms with Gasteiger partial charge < -0.3 is 41.9 Å². The molecule has 5 atom stereocenters. The fourth-order valence-electron chi connectivity index (χ4n) is 7.27. The molecule has 1 heterocycles. The standard InChI is InChI=1S/C28H36N4O8/c1-3-32-8-4-5-16(32)13-11-17(33)19-14(24(13)40-2)9-12-10-15-21(31-7-6-29)23(35)20(27(30)38)26(37)28(15,39)25(36)18(12)22(19)34/h11-12,15-16,21,31,33-34,37,39H,3-10,29H2,1-2H3,(H2,30,38)/t12-,15-,16-,21-,28-/m0/s1. The smallest absolute Gasteiger partial charge is 0.255 e. The highest BCUT2D eigenvalue weighted by atomic mass is 16.5. The fourth-order valence-corrected chi connectivity index (χ4v) is 7.27. The van der Waals surface area contributed by atoms with Crippen molar-refractivity contribution in [2.75, 3.05) is 33.3 Å². The molecule has 3 aliphatic carbocycles. The average Bonchev–Trinajstić information content (AvgIpc) is 3.39. The van der Waals surface area contributed by atoms with Gasteiger partial charge in [0.2, 0.25) is 5.78 Å². The van der Waals surface area contributed by atoms with E-state index in [4.69, 9.17) is 16.2 Å². The van der Waals surface area contributed by atoms with Gasteiger partial charge in [-0.1, -0.05) is 6.92 Å². The lowest BCUT2D eigenvalue weighted by Crippen LogP contribution is -2.66. The number of hydrogen-bond acceptors (Lipinski definition) is 11. The number of ketones is 2.